The van der Waals surface area contributed by atoms with Crippen molar-refractivity contribution in [2.45, 2.75) is 11.0 Å². The van der Waals surface area contributed by atoms with Gasteiger partial charge in [0, 0.05) is 4.90 Å². The molecule has 0 saturated carbocycles. The molecule has 0 aliphatic carbocycles. The van der Waals surface area contributed by atoms with E-state index in [1.807, 2.05) is 0 Å². The summed E-state index contributed by atoms with van der Waals surface area (Å²) >= 11 is 6.90. The summed E-state index contributed by atoms with van der Waals surface area (Å²) in [4.78, 5) is 24.9. The van der Waals surface area contributed by atoms with Crippen LogP contribution in [0.4, 0.5) is 20.6 Å². The lowest BCUT2D eigenvalue weighted by atomic mass is 10.2. The number of nitrogens with zero attached hydrogens (tertiary/aromatic N) is 1. The predicted octanol–water partition coefficient (Wildman–Crippen LogP) is 2.43. The van der Waals surface area contributed by atoms with Crippen molar-refractivity contribution in [3.05, 3.63) is 17.9 Å². The first-order valence-electron chi connectivity index (χ1n) is 5.89. The lowest BCUT2D eigenvalue weighted by molar-refractivity contribution is -0.113. The van der Waals surface area contributed by atoms with Crippen LogP contribution in [0.3, 0.4) is 0 Å². The maximum atomic E-state index is 14.1. The number of thioether (sulfide) groups is 1. The Morgan fingerprint density at radius 3 is 3.00 bits per heavy atom. The second-order valence-electron chi connectivity index (χ2n) is 4.41. The van der Waals surface area contributed by atoms with Gasteiger partial charge in [-0.1, -0.05) is 0 Å². The van der Waals surface area contributed by atoms with Crippen molar-refractivity contribution in [1.29, 1.82) is 0 Å². The molecule has 2 aliphatic heterocycles. The van der Waals surface area contributed by atoms with E-state index in [0.717, 1.165) is 0 Å². The predicted molar refractivity (Wildman–Crippen MR) is 74.1 cm³/mol. The molecule has 0 radical (unpaired) electrons. The number of nitrogens with one attached hydrogen (secondary N) is 1. The third-order valence-corrected chi connectivity index (χ3v) is 4.42. The highest BCUT2D eigenvalue weighted by Crippen LogP contribution is 2.37. The quantitative estimate of drug-likeness (QED) is 0.851. The Balaban J connectivity index is 1.96. The summed E-state index contributed by atoms with van der Waals surface area (Å²) in [6.45, 7) is 0.194. The van der Waals surface area contributed by atoms with Crippen molar-refractivity contribution in [3.63, 3.8) is 0 Å². The molecule has 2 amide bonds. The zero-order chi connectivity index (χ0) is 14.3. The number of anilines is 2. The van der Waals surface area contributed by atoms with Gasteiger partial charge < -0.3 is 10.1 Å². The van der Waals surface area contributed by atoms with Gasteiger partial charge >= 0.3 is 6.09 Å². The van der Waals surface area contributed by atoms with E-state index in [-0.39, 0.29) is 29.8 Å². The Labute approximate surface area is 123 Å². The monoisotopic (exact) mass is 316 g/mol. The molecule has 5 nitrogen and oxygen atoms in total. The molecule has 106 valence electrons. The standard InChI is InChI=1S/C12H10ClFN2O3S/c13-3-6-4-16(12(18)19-6)9-2-8-10(1-7(9)14)20-5-11(17)15-8/h1-2,6H,3-5H2,(H,15,17). The fourth-order valence-electron chi connectivity index (χ4n) is 2.10. The number of alkyl halides is 1. The normalized spacial score (nSPS) is 21.5. The zero-order valence-electron chi connectivity index (χ0n) is 10.2. The van der Waals surface area contributed by atoms with Crippen LogP contribution in [0.1, 0.15) is 0 Å². The van der Waals surface area contributed by atoms with E-state index >= 15 is 0 Å². The zero-order valence-corrected chi connectivity index (χ0v) is 11.8. The highest BCUT2D eigenvalue weighted by atomic mass is 35.5. The molecular formula is C12H10ClFN2O3S. The summed E-state index contributed by atoms with van der Waals surface area (Å²) in [7, 11) is 0. The Morgan fingerprint density at radius 1 is 1.50 bits per heavy atom. The molecule has 1 atom stereocenters. The molecule has 2 heterocycles. The number of hydrogen-bond acceptors (Lipinski definition) is 4. The van der Waals surface area contributed by atoms with Gasteiger partial charge in [0.25, 0.3) is 0 Å². The number of benzene rings is 1. The van der Waals surface area contributed by atoms with E-state index in [1.54, 1.807) is 0 Å². The van der Waals surface area contributed by atoms with Crippen molar-refractivity contribution in [2.75, 3.05) is 28.4 Å². The van der Waals surface area contributed by atoms with Gasteiger partial charge in [-0.25, -0.2) is 9.18 Å². The molecule has 1 aromatic rings. The van der Waals surface area contributed by atoms with Crippen molar-refractivity contribution in [3.8, 4) is 0 Å². The maximum Gasteiger partial charge on any atom is 0.414 e. The second kappa shape index (κ2) is 5.14. The summed E-state index contributed by atoms with van der Waals surface area (Å²) in [5, 5.41) is 2.66. The third kappa shape index (κ3) is 2.31. The molecule has 20 heavy (non-hydrogen) atoms. The lowest BCUT2D eigenvalue weighted by Crippen LogP contribution is -2.27. The molecule has 3 rings (SSSR count). The summed E-state index contributed by atoms with van der Waals surface area (Å²) in [6, 6.07) is 2.77. The fourth-order valence-corrected chi connectivity index (χ4v) is 3.07. The van der Waals surface area contributed by atoms with Crippen LogP contribution in [0.2, 0.25) is 0 Å². The van der Waals surface area contributed by atoms with E-state index in [9.17, 15) is 14.0 Å². The Kier molecular flexibility index (Phi) is 3.47. The fraction of sp³-hybridized carbons (Fsp3) is 0.333. The second-order valence-corrected chi connectivity index (χ2v) is 5.73. The highest BCUT2D eigenvalue weighted by molar-refractivity contribution is 8.00. The number of fused-ring (bicyclic) bond motifs is 1. The van der Waals surface area contributed by atoms with Crippen molar-refractivity contribution < 1.29 is 18.7 Å². The number of ether oxygens (including phenoxy) is 1. The molecule has 1 aromatic carbocycles. The third-order valence-electron chi connectivity index (χ3n) is 3.02. The first kappa shape index (κ1) is 13.5. The van der Waals surface area contributed by atoms with Gasteiger partial charge in [-0.15, -0.1) is 23.4 Å². The first-order chi connectivity index (χ1) is 9.58. The number of carbonyl (C=O) groups excluding carboxylic acids is 2. The number of hydrogen-bond donors (Lipinski definition) is 1. The van der Waals surface area contributed by atoms with Crippen molar-refractivity contribution in [1.82, 2.24) is 0 Å². The number of cyclic esters (lactones) is 1. The van der Waals surface area contributed by atoms with Gasteiger partial charge in [-0.2, -0.15) is 0 Å². The van der Waals surface area contributed by atoms with Gasteiger partial charge in [-0.05, 0) is 12.1 Å². The van der Waals surface area contributed by atoms with E-state index in [0.29, 0.717) is 10.6 Å². The summed E-state index contributed by atoms with van der Waals surface area (Å²) in [6.07, 6.45) is -1.09. The van der Waals surface area contributed by atoms with Gasteiger partial charge in [0.05, 0.1) is 29.6 Å². The van der Waals surface area contributed by atoms with Gasteiger partial charge in [0.15, 0.2) is 0 Å². The number of carbonyl (C=O) groups is 2. The Bertz CT molecular complexity index is 598. The Hall–Kier alpha value is -1.47. The molecular weight excluding hydrogens is 307 g/mol. The van der Waals surface area contributed by atoms with E-state index in [4.69, 9.17) is 16.3 Å². The maximum absolute atomic E-state index is 14.1. The molecule has 1 unspecified atom stereocenters. The van der Waals surface area contributed by atoms with Crippen molar-refractivity contribution >= 4 is 46.7 Å². The van der Waals surface area contributed by atoms with Crippen LogP contribution in [0.5, 0.6) is 0 Å². The molecule has 0 spiro atoms. The summed E-state index contributed by atoms with van der Waals surface area (Å²) in [5.74, 6) is -0.268. The van der Waals surface area contributed by atoms with Gasteiger partial charge in [0.1, 0.15) is 11.9 Å². The Morgan fingerprint density at radius 2 is 2.30 bits per heavy atom. The summed E-state index contributed by atoms with van der Waals surface area (Å²) in [5.41, 5.74) is 0.592. The van der Waals surface area contributed by atoms with Crippen molar-refractivity contribution in [2.24, 2.45) is 0 Å². The minimum atomic E-state index is -0.635. The van der Waals surface area contributed by atoms with E-state index in [1.165, 1.54) is 28.8 Å². The molecule has 0 bridgehead atoms. The van der Waals surface area contributed by atoms with Crippen LogP contribution in [0, 0.1) is 5.82 Å². The highest BCUT2D eigenvalue weighted by Gasteiger charge is 2.34. The van der Waals surface area contributed by atoms with Crippen LogP contribution < -0.4 is 10.2 Å². The average Bonchev–Trinajstić information content (AvgIpc) is 2.79. The average molecular weight is 317 g/mol. The smallest absolute Gasteiger partial charge is 0.414 e. The van der Waals surface area contributed by atoms with E-state index < -0.39 is 18.0 Å². The molecule has 8 heteroatoms. The lowest BCUT2D eigenvalue weighted by Gasteiger charge is -2.20. The molecule has 1 saturated heterocycles. The van der Waals surface area contributed by atoms with Gasteiger partial charge in [-0.3, -0.25) is 9.69 Å². The number of rotatable bonds is 2. The molecule has 1 N–H and O–H groups in total. The van der Waals surface area contributed by atoms with Crippen LogP contribution in [-0.2, 0) is 9.53 Å². The minimum Gasteiger partial charge on any atom is -0.443 e. The van der Waals surface area contributed by atoms with Crippen LogP contribution >= 0.6 is 23.4 Å². The summed E-state index contributed by atoms with van der Waals surface area (Å²) < 4.78 is 19.1. The van der Waals surface area contributed by atoms with E-state index in [2.05, 4.69) is 5.32 Å². The van der Waals surface area contributed by atoms with Crippen LogP contribution in [0.15, 0.2) is 17.0 Å². The van der Waals surface area contributed by atoms with Crippen LogP contribution in [0.25, 0.3) is 0 Å². The minimum absolute atomic E-state index is 0.0872. The molecule has 1 fully saturated rings. The topological polar surface area (TPSA) is 58.6 Å². The van der Waals surface area contributed by atoms with Gasteiger partial charge in [0.2, 0.25) is 5.91 Å². The SMILES string of the molecule is O=C1CSc2cc(F)c(N3CC(CCl)OC3=O)cc2N1. The number of amides is 2. The molecule has 2 aliphatic rings. The van der Waals surface area contributed by atoms with Crippen LogP contribution in [-0.4, -0.2) is 36.3 Å². The number of halogens is 2. The first-order valence-corrected chi connectivity index (χ1v) is 7.41. The largest absolute Gasteiger partial charge is 0.443 e. The molecule has 0 aromatic heterocycles.